The number of likely N-dealkylation sites (tertiary alicyclic amines) is 2. The normalized spacial score (nSPS) is 22.1. The maximum Gasteiger partial charge on any atom is 0.410 e. The van der Waals surface area contributed by atoms with Crippen molar-refractivity contribution in [3.8, 4) is 0 Å². The smallest absolute Gasteiger partial charge is 0.410 e. The molecule has 0 saturated carbocycles. The summed E-state index contributed by atoms with van der Waals surface area (Å²) in [6.45, 7) is 4.82. The number of unbranched alkanes of at least 4 members (excludes halogenated alkanes) is 1. The molecule has 2 fully saturated rings. The summed E-state index contributed by atoms with van der Waals surface area (Å²) in [5.41, 5.74) is 5.79. The predicted molar refractivity (Wildman–Crippen MR) is 120 cm³/mol. The van der Waals surface area contributed by atoms with Gasteiger partial charge in [0.25, 0.3) is 5.91 Å². The Morgan fingerprint density at radius 2 is 2.03 bits per heavy atom. The van der Waals surface area contributed by atoms with Crippen LogP contribution in [0.3, 0.4) is 0 Å². The van der Waals surface area contributed by atoms with E-state index >= 15 is 0 Å². The second kappa shape index (κ2) is 10.6. The van der Waals surface area contributed by atoms with Gasteiger partial charge in [0.05, 0.1) is 16.1 Å². The summed E-state index contributed by atoms with van der Waals surface area (Å²) in [5.74, 6) is -0.927. The molecule has 1 aromatic rings. The molecular weight excluding hydrogens is 472 g/mol. The number of hydrogen-bond donors (Lipinski definition) is 2. The van der Waals surface area contributed by atoms with Crippen molar-refractivity contribution in [1.82, 2.24) is 9.80 Å². The van der Waals surface area contributed by atoms with E-state index in [9.17, 15) is 14.4 Å². The number of nitrogens with two attached hydrogens (primary N) is 1. The molecule has 3 heterocycles. The largest absolute Gasteiger partial charge is 0.449 e. The van der Waals surface area contributed by atoms with Crippen LogP contribution in [-0.4, -0.2) is 66.0 Å². The molecule has 3 N–H and O–H groups in total. The third-order valence-electron chi connectivity index (χ3n) is 5.63. The van der Waals surface area contributed by atoms with Gasteiger partial charge < -0.3 is 15.8 Å². The lowest BCUT2D eigenvalue weighted by atomic mass is 10.1. The van der Waals surface area contributed by atoms with Crippen molar-refractivity contribution in [3.05, 3.63) is 14.7 Å². The molecule has 2 aliphatic heterocycles. The first-order valence-corrected chi connectivity index (χ1v) is 12.1. The number of carbonyl (C=O) groups is 3. The monoisotopic (exact) mass is 500 g/mol. The Morgan fingerprint density at radius 1 is 1.30 bits per heavy atom. The van der Waals surface area contributed by atoms with E-state index in [4.69, 9.17) is 10.5 Å². The first-order chi connectivity index (χ1) is 14.4. The first-order valence-electron chi connectivity index (χ1n) is 10.5. The van der Waals surface area contributed by atoms with E-state index < -0.39 is 18.0 Å². The van der Waals surface area contributed by atoms with Gasteiger partial charge in [0, 0.05) is 12.6 Å². The molecule has 0 bridgehead atoms. The van der Waals surface area contributed by atoms with Crippen LogP contribution in [0, 0.1) is 0 Å². The number of nitrogens with zero attached hydrogens (tertiary/aromatic N) is 2. The van der Waals surface area contributed by atoms with Crippen LogP contribution in [0.25, 0.3) is 0 Å². The van der Waals surface area contributed by atoms with Crippen molar-refractivity contribution in [2.75, 3.05) is 31.6 Å². The molecule has 3 amide bonds. The third kappa shape index (κ3) is 5.53. The van der Waals surface area contributed by atoms with Crippen molar-refractivity contribution in [3.63, 3.8) is 0 Å². The molecule has 0 spiro atoms. The zero-order chi connectivity index (χ0) is 21.7. The highest BCUT2D eigenvalue weighted by Gasteiger charge is 2.43. The quantitative estimate of drug-likeness (QED) is 0.558. The fraction of sp³-hybridized carbons (Fsp3) is 0.650. The van der Waals surface area contributed by atoms with Gasteiger partial charge in [-0.3, -0.25) is 19.4 Å². The van der Waals surface area contributed by atoms with Crippen LogP contribution in [0.15, 0.2) is 9.85 Å². The first kappa shape index (κ1) is 23.0. The average molecular weight is 501 g/mol. The second-order valence-electron chi connectivity index (χ2n) is 7.77. The van der Waals surface area contributed by atoms with E-state index in [0.717, 1.165) is 50.1 Å². The molecule has 0 aliphatic carbocycles. The fourth-order valence-corrected chi connectivity index (χ4v) is 5.46. The van der Waals surface area contributed by atoms with Crippen LogP contribution >= 0.6 is 27.3 Å². The SMILES string of the molecule is CCCCOC(=O)N1CC(N2CCCCC2)C[C@H]1C(=O)Nc1cc(Br)sc1C(N)=O. The predicted octanol–water partition coefficient (Wildman–Crippen LogP) is 3.41. The maximum absolute atomic E-state index is 13.1. The van der Waals surface area contributed by atoms with Gasteiger partial charge in [-0.2, -0.15) is 0 Å². The minimum absolute atomic E-state index is 0.129. The zero-order valence-electron chi connectivity index (χ0n) is 17.2. The Labute approximate surface area is 189 Å². The fourth-order valence-electron chi connectivity index (χ4n) is 4.05. The van der Waals surface area contributed by atoms with E-state index in [1.54, 1.807) is 6.07 Å². The number of hydrogen-bond acceptors (Lipinski definition) is 6. The summed E-state index contributed by atoms with van der Waals surface area (Å²) < 4.78 is 6.10. The van der Waals surface area contributed by atoms with Crippen molar-refractivity contribution >= 4 is 50.9 Å². The second-order valence-corrected chi connectivity index (χ2v) is 10.2. The lowest BCUT2D eigenvalue weighted by Gasteiger charge is -2.31. The van der Waals surface area contributed by atoms with Crippen molar-refractivity contribution in [2.45, 2.75) is 57.5 Å². The summed E-state index contributed by atoms with van der Waals surface area (Å²) in [7, 11) is 0. The minimum Gasteiger partial charge on any atom is -0.449 e. The summed E-state index contributed by atoms with van der Waals surface area (Å²) in [6.07, 6.45) is 5.31. The summed E-state index contributed by atoms with van der Waals surface area (Å²) >= 11 is 4.49. The number of anilines is 1. The van der Waals surface area contributed by atoms with Gasteiger partial charge in [-0.15, -0.1) is 11.3 Å². The van der Waals surface area contributed by atoms with Gasteiger partial charge >= 0.3 is 6.09 Å². The number of rotatable bonds is 7. The van der Waals surface area contributed by atoms with E-state index in [2.05, 4.69) is 26.1 Å². The number of thiophene rings is 1. The molecule has 10 heteroatoms. The number of amides is 3. The van der Waals surface area contributed by atoms with Crippen molar-refractivity contribution < 1.29 is 19.1 Å². The Hall–Kier alpha value is -1.65. The highest BCUT2D eigenvalue weighted by molar-refractivity contribution is 9.11. The van der Waals surface area contributed by atoms with Gasteiger partial charge in [-0.05, 0) is 60.8 Å². The summed E-state index contributed by atoms with van der Waals surface area (Å²) in [5, 5.41) is 2.80. The number of halogens is 1. The minimum atomic E-state index is -0.648. The number of piperidine rings is 1. The van der Waals surface area contributed by atoms with Gasteiger partial charge in [0.2, 0.25) is 5.91 Å². The van der Waals surface area contributed by atoms with Crippen LogP contribution in [0.2, 0.25) is 0 Å². The molecule has 1 unspecified atom stereocenters. The van der Waals surface area contributed by atoms with Crippen LogP contribution in [-0.2, 0) is 9.53 Å². The lowest BCUT2D eigenvalue weighted by Crippen LogP contribution is -2.44. The van der Waals surface area contributed by atoms with Gasteiger partial charge in [-0.1, -0.05) is 19.8 Å². The molecule has 0 radical (unpaired) electrons. The van der Waals surface area contributed by atoms with Crippen LogP contribution in [0.1, 0.15) is 55.1 Å². The van der Waals surface area contributed by atoms with Crippen molar-refractivity contribution in [1.29, 1.82) is 0 Å². The Bertz CT molecular complexity index is 781. The zero-order valence-corrected chi connectivity index (χ0v) is 19.6. The number of ether oxygens (including phenoxy) is 1. The molecule has 8 nitrogen and oxygen atoms in total. The lowest BCUT2D eigenvalue weighted by molar-refractivity contribution is -0.120. The van der Waals surface area contributed by atoms with Crippen LogP contribution in [0.5, 0.6) is 0 Å². The molecule has 2 aliphatic rings. The number of primary amides is 1. The van der Waals surface area contributed by atoms with Gasteiger partial charge in [0.15, 0.2) is 0 Å². The highest BCUT2D eigenvalue weighted by atomic mass is 79.9. The van der Waals surface area contributed by atoms with Crippen LogP contribution in [0.4, 0.5) is 10.5 Å². The molecule has 166 valence electrons. The summed E-state index contributed by atoms with van der Waals surface area (Å²) in [4.78, 5) is 41.7. The van der Waals surface area contributed by atoms with E-state index in [1.807, 2.05) is 6.92 Å². The Balaban J connectivity index is 1.74. The van der Waals surface area contributed by atoms with Crippen LogP contribution < -0.4 is 11.1 Å². The van der Waals surface area contributed by atoms with Crippen molar-refractivity contribution in [2.24, 2.45) is 5.73 Å². The number of nitrogens with one attached hydrogen (secondary N) is 1. The van der Waals surface area contributed by atoms with E-state index in [1.165, 1.54) is 11.3 Å². The average Bonchev–Trinajstić information content (AvgIpc) is 3.33. The molecule has 2 saturated heterocycles. The van der Waals surface area contributed by atoms with Gasteiger partial charge in [-0.25, -0.2) is 4.79 Å². The van der Waals surface area contributed by atoms with E-state index in [-0.39, 0.29) is 16.8 Å². The standard InChI is InChI=1S/C20H29BrN4O4S/c1-2-3-9-29-20(28)25-12-13(24-7-5-4-6-8-24)10-15(25)19(27)23-14-11-16(21)30-17(14)18(22)26/h11,13,15H,2-10,12H2,1H3,(H2,22,26)(H,23,27)/t13?,15-/m0/s1. The Morgan fingerprint density at radius 3 is 2.70 bits per heavy atom. The topological polar surface area (TPSA) is 105 Å². The van der Waals surface area contributed by atoms with Gasteiger partial charge in [0.1, 0.15) is 10.9 Å². The molecule has 2 atom stereocenters. The number of carbonyl (C=O) groups excluding carboxylic acids is 3. The molecule has 3 rings (SSSR count). The molecule has 0 aromatic carbocycles. The molecular formula is C20H29BrN4O4S. The maximum atomic E-state index is 13.1. The summed E-state index contributed by atoms with van der Waals surface area (Å²) in [6, 6.07) is 1.14. The third-order valence-corrected chi connectivity index (χ3v) is 7.28. The highest BCUT2D eigenvalue weighted by Crippen LogP contribution is 2.32. The molecule has 30 heavy (non-hydrogen) atoms. The van der Waals surface area contributed by atoms with E-state index in [0.29, 0.717) is 29.0 Å². The Kier molecular flexibility index (Phi) is 8.13. The molecule has 1 aromatic heterocycles.